The van der Waals surface area contributed by atoms with Crippen LogP contribution < -0.4 is 0 Å². The smallest absolute Gasteiger partial charge is 0.314 e. The summed E-state index contributed by atoms with van der Waals surface area (Å²) in [6.45, 7) is 2.30. The van der Waals surface area contributed by atoms with Gasteiger partial charge in [-0.25, -0.2) is 0 Å². The van der Waals surface area contributed by atoms with E-state index in [0.717, 1.165) is 25.0 Å². The van der Waals surface area contributed by atoms with Gasteiger partial charge in [-0.05, 0) is 38.3 Å². The van der Waals surface area contributed by atoms with Crippen LogP contribution in [0.2, 0.25) is 0 Å². The molecular formula is C13H17NO2. The Morgan fingerprint density at radius 3 is 2.94 bits per heavy atom. The SMILES string of the molecule is CCOC(=O)C1CCCC=C1n1cccc1. The molecule has 0 aliphatic heterocycles. The molecule has 0 aromatic carbocycles. The van der Waals surface area contributed by atoms with Gasteiger partial charge in [0, 0.05) is 18.1 Å². The van der Waals surface area contributed by atoms with Crippen molar-refractivity contribution in [3.8, 4) is 0 Å². The lowest BCUT2D eigenvalue weighted by Gasteiger charge is -2.23. The van der Waals surface area contributed by atoms with E-state index >= 15 is 0 Å². The number of nitrogens with zero attached hydrogens (tertiary/aromatic N) is 1. The van der Waals surface area contributed by atoms with Gasteiger partial charge < -0.3 is 9.30 Å². The average molecular weight is 219 g/mol. The highest BCUT2D eigenvalue weighted by Crippen LogP contribution is 2.29. The molecule has 1 aromatic heterocycles. The Labute approximate surface area is 95.7 Å². The molecule has 3 nitrogen and oxygen atoms in total. The second-order valence-corrected chi connectivity index (χ2v) is 3.95. The molecule has 1 atom stereocenters. The molecule has 1 aliphatic carbocycles. The Kier molecular flexibility index (Phi) is 3.44. The summed E-state index contributed by atoms with van der Waals surface area (Å²) in [5.41, 5.74) is 1.06. The van der Waals surface area contributed by atoms with Crippen LogP contribution >= 0.6 is 0 Å². The predicted octanol–water partition coefficient (Wildman–Crippen LogP) is 2.69. The first-order valence-corrected chi connectivity index (χ1v) is 5.83. The van der Waals surface area contributed by atoms with Crippen LogP contribution in [0.1, 0.15) is 26.2 Å². The zero-order valence-electron chi connectivity index (χ0n) is 9.56. The monoisotopic (exact) mass is 219 g/mol. The van der Waals surface area contributed by atoms with Gasteiger partial charge in [-0.15, -0.1) is 0 Å². The van der Waals surface area contributed by atoms with Crippen molar-refractivity contribution in [2.45, 2.75) is 26.2 Å². The quantitative estimate of drug-likeness (QED) is 0.732. The average Bonchev–Trinajstić information content (AvgIpc) is 2.83. The number of allylic oxidation sites excluding steroid dienone is 1. The number of rotatable bonds is 3. The van der Waals surface area contributed by atoms with Gasteiger partial charge in [0.25, 0.3) is 0 Å². The van der Waals surface area contributed by atoms with E-state index in [1.807, 2.05) is 36.0 Å². The van der Waals surface area contributed by atoms with E-state index in [0.29, 0.717) is 6.61 Å². The zero-order valence-corrected chi connectivity index (χ0v) is 9.56. The fourth-order valence-corrected chi connectivity index (χ4v) is 2.14. The largest absolute Gasteiger partial charge is 0.465 e. The Morgan fingerprint density at radius 2 is 2.25 bits per heavy atom. The summed E-state index contributed by atoms with van der Waals surface area (Å²) in [7, 11) is 0. The highest BCUT2D eigenvalue weighted by molar-refractivity contribution is 5.83. The van der Waals surface area contributed by atoms with Gasteiger partial charge in [0.05, 0.1) is 12.5 Å². The summed E-state index contributed by atoms with van der Waals surface area (Å²) in [6.07, 6.45) is 9.10. The minimum atomic E-state index is -0.0962. The molecule has 0 fully saturated rings. The van der Waals surface area contributed by atoms with Crippen molar-refractivity contribution < 1.29 is 9.53 Å². The molecular weight excluding hydrogens is 202 g/mol. The van der Waals surface area contributed by atoms with E-state index in [2.05, 4.69) is 6.08 Å². The van der Waals surface area contributed by atoms with Crippen molar-refractivity contribution in [1.29, 1.82) is 0 Å². The van der Waals surface area contributed by atoms with Crippen molar-refractivity contribution in [2.75, 3.05) is 6.61 Å². The maximum Gasteiger partial charge on any atom is 0.314 e. The maximum atomic E-state index is 11.8. The number of aromatic nitrogens is 1. The molecule has 3 heteroatoms. The molecule has 2 rings (SSSR count). The maximum absolute atomic E-state index is 11.8. The molecule has 16 heavy (non-hydrogen) atoms. The van der Waals surface area contributed by atoms with Crippen molar-refractivity contribution in [3.05, 3.63) is 30.6 Å². The fourth-order valence-electron chi connectivity index (χ4n) is 2.14. The first-order valence-electron chi connectivity index (χ1n) is 5.83. The van der Waals surface area contributed by atoms with Crippen LogP contribution in [0.25, 0.3) is 5.70 Å². The lowest BCUT2D eigenvalue weighted by atomic mass is 9.92. The fraction of sp³-hybridized carbons (Fsp3) is 0.462. The van der Waals surface area contributed by atoms with Gasteiger partial charge in [-0.1, -0.05) is 6.08 Å². The van der Waals surface area contributed by atoms with Gasteiger partial charge in [0.1, 0.15) is 0 Å². The standard InChI is InChI=1S/C13H17NO2/c1-2-16-13(15)11-7-3-4-8-12(11)14-9-5-6-10-14/h5-6,8-11H,2-4,7H2,1H3. The molecule has 0 N–H and O–H groups in total. The molecule has 1 aliphatic rings. The molecule has 0 amide bonds. The van der Waals surface area contributed by atoms with Crippen molar-refractivity contribution in [3.63, 3.8) is 0 Å². The van der Waals surface area contributed by atoms with Crippen molar-refractivity contribution in [2.24, 2.45) is 5.92 Å². The van der Waals surface area contributed by atoms with Crippen molar-refractivity contribution in [1.82, 2.24) is 4.57 Å². The molecule has 0 radical (unpaired) electrons. The van der Waals surface area contributed by atoms with E-state index in [9.17, 15) is 4.79 Å². The third kappa shape index (κ3) is 2.18. The third-order valence-corrected chi connectivity index (χ3v) is 2.88. The second kappa shape index (κ2) is 5.01. The zero-order chi connectivity index (χ0) is 11.4. The van der Waals surface area contributed by atoms with Crippen LogP contribution in [0.4, 0.5) is 0 Å². The Bertz CT molecular complexity index is 379. The highest BCUT2D eigenvalue weighted by atomic mass is 16.5. The van der Waals surface area contributed by atoms with Crippen molar-refractivity contribution >= 4 is 11.7 Å². The van der Waals surface area contributed by atoms with Crippen LogP contribution in [0.15, 0.2) is 30.6 Å². The number of esters is 1. The Hall–Kier alpha value is -1.51. The van der Waals surface area contributed by atoms with Crippen LogP contribution in [0.5, 0.6) is 0 Å². The number of ether oxygens (including phenoxy) is 1. The molecule has 86 valence electrons. The summed E-state index contributed by atoms with van der Waals surface area (Å²) in [5, 5.41) is 0. The predicted molar refractivity (Wildman–Crippen MR) is 62.7 cm³/mol. The number of carbonyl (C=O) groups is 1. The summed E-state index contributed by atoms with van der Waals surface area (Å²) in [6, 6.07) is 3.94. The third-order valence-electron chi connectivity index (χ3n) is 2.88. The van der Waals surface area contributed by atoms with Gasteiger partial charge in [-0.2, -0.15) is 0 Å². The molecule has 1 aromatic rings. The first kappa shape index (κ1) is 11.0. The molecule has 1 unspecified atom stereocenters. The number of carbonyl (C=O) groups excluding carboxylic acids is 1. The van der Waals surface area contributed by atoms with Gasteiger partial charge >= 0.3 is 5.97 Å². The molecule has 0 bridgehead atoms. The van der Waals surface area contributed by atoms with E-state index in [1.165, 1.54) is 0 Å². The van der Waals surface area contributed by atoms with Crippen LogP contribution in [0, 0.1) is 5.92 Å². The summed E-state index contributed by atoms with van der Waals surface area (Å²) in [5.74, 6) is -0.191. The van der Waals surface area contributed by atoms with E-state index in [-0.39, 0.29) is 11.9 Å². The summed E-state index contributed by atoms with van der Waals surface area (Å²) < 4.78 is 7.13. The highest BCUT2D eigenvalue weighted by Gasteiger charge is 2.26. The lowest BCUT2D eigenvalue weighted by Crippen LogP contribution is -2.23. The first-order chi connectivity index (χ1) is 7.83. The van der Waals surface area contributed by atoms with Crippen LogP contribution in [-0.2, 0) is 9.53 Å². The minimum Gasteiger partial charge on any atom is -0.465 e. The minimum absolute atomic E-state index is 0.0952. The molecule has 0 spiro atoms. The van der Waals surface area contributed by atoms with Crippen LogP contribution in [0.3, 0.4) is 0 Å². The van der Waals surface area contributed by atoms with E-state index in [4.69, 9.17) is 4.74 Å². The summed E-state index contributed by atoms with van der Waals surface area (Å²) >= 11 is 0. The topological polar surface area (TPSA) is 31.2 Å². The van der Waals surface area contributed by atoms with E-state index < -0.39 is 0 Å². The number of hydrogen-bond acceptors (Lipinski definition) is 2. The second-order valence-electron chi connectivity index (χ2n) is 3.95. The Balaban J connectivity index is 2.20. The lowest BCUT2D eigenvalue weighted by molar-refractivity contribution is -0.146. The van der Waals surface area contributed by atoms with Gasteiger partial charge in [0.15, 0.2) is 0 Å². The number of hydrogen-bond donors (Lipinski definition) is 0. The van der Waals surface area contributed by atoms with Gasteiger partial charge in [0.2, 0.25) is 0 Å². The molecule has 0 saturated heterocycles. The molecule has 0 saturated carbocycles. The van der Waals surface area contributed by atoms with Crippen LogP contribution in [-0.4, -0.2) is 17.1 Å². The van der Waals surface area contributed by atoms with Gasteiger partial charge in [-0.3, -0.25) is 4.79 Å². The summed E-state index contributed by atoms with van der Waals surface area (Å²) in [4.78, 5) is 11.8. The van der Waals surface area contributed by atoms with E-state index in [1.54, 1.807) is 0 Å². The molecule has 1 heterocycles. The Morgan fingerprint density at radius 1 is 1.50 bits per heavy atom. The normalized spacial score (nSPS) is 20.3.